The summed E-state index contributed by atoms with van der Waals surface area (Å²) in [5.41, 5.74) is 1.28. The summed E-state index contributed by atoms with van der Waals surface area (Å²) in [7, 11) is 0. The fourth-order valence-electron chi connectivity index (χ4n) is 2.43. The van der Waals surface area contributed by atoms with Crippen LogP contribution in [0, 0.1) is 0 Å². The van der Waals surface area contributed by atoms with Gasteiger partial charge in [0, 0.05) is 10.0 Å². The molecule has 5 nitrogen and oxygen atoms in total. The highest BCUT2D eigenvalue weighted by Gasteiger charge is 2.10. The molecule has 0 aliphatic carbocycles. The number of aliphatic hydroxyl groups excluding tert-OH is 1. The largest absolute Gasteiger partial charge is 0.389 e. The lowest BCUT2D eigenvalue weighted by Gasteiger charge is -2.13. The smallest absolute Gasteiger partial charge is 0.261 e. The molecule has 1 heterocycles. The van der Waals surface area contributed by atoms with E-state index in [4.69, 9.17) is 27.9 Å². The quantitative estimate of drug-likeness (QED) is 0.714. The minimum absolute atomic E-state index is 0.0922. The van der Waals surface area contributed by atoms with Gasteiger partial charge in [0.2, 0.25) is 0 Å². The van der Waals surface area contributed by atoms with Crippen LogP contribution in [0.5, 0.6) is 0 Å². The first-order valence-electron chi connectivity index (χ1n) is 7.68. The van der Waals surface area contributed by atoms with Crippen LogP contribution in [0.3, 0.4) is 0 Å². The van der Waals surface area contributed by atoms with Crippen molar-refractivity contribution < 1.29 is 9.84 Å². The SMILES string of the molecule is O=c1c2cc(Cl)ccc2ncn1C[C@@H](O)COCc1ccc(Cl)cc1. The van der Waals surface area contributed by atoms with Crippen LogP contribution in [-0.4, -0.2) is 27.4 Å². The van der Waals surface area contributed by atoms with Gasteiger partial charge < -0.3 is 9.84 Å². The van der Waals surface area contributed by atoms with Gasteiger partial charge in [-0.05, 0) is 35.9 Å². The van der Waals surface area contributed by atoms with Gasteiger partial charge in [-0.1, -0.05) is 35.3 Å². The molecule has 0 aliphatic heterocycles. The molecule has 130 valence electrons. The van der Waals surface area contributed by atoms with Crippen LogP contribution in [0.1, 0.15) is 5.56 Å². The fourth-order valence-corrected chi connectivity index (χ4v) is 2.73. The van der Waals surface area contributed by atoms with Crippen molar-refractivity contribution in [2.45, 2.75) is 19.3 Å². The zero-order valence-electron chi connectivity index (χ0n) is 13.2. The van der Waals surface area contributed by atoms with Crippen LogP contribution >= 0.6 is 23.2 Å². The number of rotatable bonds is 6. The van der Waals surface area contributed by atoms with E-state index in [0.29, 0.717) is 27.6 Å². The zero-order chi connectivity index (χ0) is 17.8. The van der Waals surface area contributed by atoms with Crippen molar-refractivity contribution >= 4 is 34.1 Å². The lowest BCUT2D eigenvalue weighted by Crippen LogP contribution is -2.29. The van der Waals surface area contributed by atoms with Crippen molar-refractivity contribution in [3.8, 4) is 0 Å². The molecule has 0 bridgehead atoms. The lowest BCUT2D eigenvalue weighted by atomic mass is 10.2. The molecular weight excluding hydrogens is 363 g/mol. The number of halogens is 2. The first kappa shape index (κ1) is 17.9. The van der Waals surface area contributed by atoms with Crippen LogP contribution in [0.2, 0.25) is 10.0 Å². The van der Waals surface area contributed by atoms with E-state index < -0.39 is 6.10 Å². The monoisotopic (exact) mass is 378 g/mol. The molecule has 1 N–H and O–H groups in total. The molecule has 0 saturated carbocycles. The maximum absolute atomic E-state index is 12.4. The third-order valence-electron chi connectivity index (χ3n) is 3.69. The van der Waals surface area contributed by atoms with Gasteiger partial charge in [-0.3, -0.25) is 9.36 Å². The molecule has 7 heteroatoms. The highest BCUT2D eigenvalue weighted by Crippen LogP contribution is 2.14. The number of benzene rings is 2. The van der Waals surface area contributed by atoms with E-state index in [1.165, 1.54) is 10.9 Å². The molecule has 0 saturated heterocycles. The summed E-state index contributed by atoms with van der Waals surface area (Å²) in [6, 6.07) is 12.2. The number of aliphatic hydroxyl groups is 1. The van der Waals surface area contributed by atoms with Crippen molar-refractivity contribution in [3.63, 3.8) is 0 Å². The summed E-state index contributed by atoms with van der Waals surface area (Å²) in [6.07, 6.45) is 0.587. The topological polar surface area (TPSA) is 64.4 Å². The summed E-state index contributed by atoms with van der Waals surface area (Å²) in [5.74, 6) is 0. The van der Waals surface area contributed by atoms with Gasteiger partial charge in [0.15, 0.2) is 0 Å². The third kappa shape index (κ3) is 4.58. The molecule has 0 unspecified atom stereocenters. The molecule has 0 fully saturated rings. The van der Waals surface area contributed by atoms with E-state index in [1.54, 1.807) is 30.3 Å². The Kier molecular flexibility index (Phi) is 5.71. The number of fused-ring (bicyclic) bond motifs is 1. The average Bonchev–Trinajstić information content (AvgIpc) is 2.60. The highest BCUT2D eigenvalue weighted by molar-refractivity contribution is 6.31. The molecule has 1 aromatic heterocycles. The summed E-state index contributed by atoms with van der Waals surface area (Å²) in [4.78, 5) is 16.7. The maximum atomic E-state index is 12.4. The van der Waals surface area contributed by atoms with E-state index in [1.807, 2.05) is 12.1 Å². The molecule has 0 amide bonds. The number of aromatic nitrogens is 2. The first-order valence-corrected chi connectivity index (χ1v) is 8.43. The molecule has 0 radical (unpaired) electrons. The molecule has 0 aliphatic rings. The van der Waals surface area contributed by atoms with E-state index in [2.05, 4.69) is 4.98 Å². The number of ether oxygens (including phenoxy) is 1. The fraction of sp³-hybridized carbons (Fsp3) is 0.222. The van der Waals surface area contributed by atoms with Crippen molar-refractivity contribution in [1.29, 1.82) is 0 Å². The van der Waals surface area contributed by atoms with Crippen molar-refractivity contribution in [2.24, 2.45) is 0 Å². The molecule has 0 spiro atoms. The van der Waals surface area contributed by atoms with E-state index >= 15 is 0 Å². The normalized spacial score (nSPS) is 12.4. The Morgan fingerprint density at radius 1 is 1.12 bits per heavy atom. The van der Waals surface area contributed by atoms with Crippen LogP contribution in [0.15, 0.2) is 53.6 Å². The Bertz CT molecular complexity index is 926. The summed E-state index contributed by atoms with van der Waals surface area (Å²) >= 11 is 11.8. The summed E-state index contributed by atoms with van der Waals surface area (Å²) in [6.45, 7) is 0.548. The predicted octanol–water partition coefficient (Wildman–Crippen LogP) is 3.28. The van der Waals surface area contributed by atoms with Crippen molar-refractivity contribution in [1.82, 2.24) is 9.55 Å². The van der Waals surface area contributed by atoms with Crippen LogP contribution in [0.4, 0.5) is 0 Å². The van der Waals surface area contributed by atoms with Crippen LogP contribution < -0.4 is 5.56 Å². The summed E-state index contributed by atoms with van der Waals surface area (Å²) in [5, 5.41) is 11.7. The Morgan fingerprint density at radius 3 is 2.60 bits per heavy atom. The maximum Gasteiger partial charge on any atom is 0.261 e. The first-order chi connectivity index (χ1) is 12.0. The summed E-state index contributed by atoms with van der Waals surface area (Å²) < 4.78 is 6.85. The van der Waals surface area contributed by atoms with Gasteiger partial charge in [-0.25, -0.2) is 4.98 Å². The Labute approximate surface area is 154 Å². The minimum atomic E-state index is -0.830. The van der Waals surface area contributed by atoms with E-state index in [0.717, 1.165) is 5.56 Å². The number of nitrogens with zero attached hydrogens (tertiary/aromatic N) is 2. The molecule has 2 aromatic carbocycles. The number of hydrogen-bond acceptors (Lipinski definition) is 4. The van der Waals surface area contributed by atoms with E-state index in [9.17, 15) is 9.90 Å². The molecule has 25 heavy (non-hydrogen) atoms. The molecule has 3 aromatic rings. The standard InChI is InChI=1S/C18H16Cl2N2O3/c19-13-3-1-12(2-4-13)9-25-10-15(23)8-22-11-21-17-6-5-14(20)7-16(17)18(22)24/h1-7,11,15,23H,8-10H2/t15-/m1/s1. The zero-order valence-corrected chi connectivity index (χ0v) is 14.7. The average molecular weight is 379 g/mol. The van der Waals surface area contributed by atoms with Gasteiger partial charge >= 0.3 is 0 Å². The Morgan fingerprint density at radius 2 is 1.84 bits per heavy atom. The predicted molar refractivity (Wildman–Crippen MR) is 98.1 cm³/mol. The van der Waals surface area contributed by atoms with Crippen molar-refractivity contribution in [2.75, 3.05) is 6.61 Å². The molecule has 3 rings (SSSR count). The van der Waals surface area contributed by atoms with Crippen LogP contribution in [0.25, 0.3) is 10.9 Å². The van der Waals surface area contributed by atoms with Gasteiger partial charge in [0.25, 0.3) is 5.56 Å². The third-order valence-corrected chi connectivity index (χ3v) is 4.17. The minimum Gasteiger partial charge on any atom is -0.389 e. The second-order valence-corrected chi connectivity index (χ2v) is 6.53. The van der Waals surface area contributed by atoms with Gasteiger partial charge in [-0.15, -0.1) is 0 Å². The lowest BCUT2D eigenvalue weighted by molar-refractivity contribution is 0.0198. The highest BCUT2D eigenvalue weighted by atomic mass is 35.5. The van der Waals surface area contributed by atoms with Gasteiger partial charge in [0.1, 0.15) is 0 Å². The van der Waals surface area contributed by atoms with Crippen LogP contribution in [-0.2, 0) is 17.9 Å². The number of hydrogen-bond donors (Lipinski definition) is 1. The Hall–Kier alpha value is -1.92. The van der Waals surface area contributed by atoms with Gasteiger partial charge in [0.05, 0.1) is 43.1 Å². The van der Waals surface area contributed by atoms with Crippen molar-refractivity contribution in [3.05, 3.63) is 74.8 Å². The second kappa shape index (κ2) is 7.97. The van der Waals surface area contributed by atoms with Gasteiger partial charge in [-0.2, -0.15) is 0 Å². The van der Waals surface area contributed by atoms with E-state index in [-0.39, 0.29) is 18.7 Å². The molecule has 1 atom stereocenters. The molecular formula is C18H16Cl2N2O3. The second-order valence-electron chi connectivity index (χ2n) is 5.66. The Balaban J connectivity index is 1.61.